The van der Waals surface area contributed by atoms with Crippen LogP contribution in [0.25, 0.3) is 0 Å². The van der Waals surface area contributed by atoms with E-state index in [4.69, 9.17) is 4.74 Å². The number of anilines is 1. The highest BCUT2D eigenvalue weighted by Gasteiger charge is 2.28. The first-order chi connectivity index (χ1) is 13.9. The number of esters is 1. The number of para-hydroxylation sites is 1. The minimum atomic E-state index is -0.739. The maximum Gasteiger partial charge on any atom is 0.342 e. The molecule has 1 aliphatic rings. The third-order valence-corrected chi connectivity index (χ3v) is 4.96. The summed E-state index contributed by atoms with van der Waals surface area (Å²) >= 11 is 0. The van der Waals surface area contributed by atoms with E-state index in [-0.39, 0.29) is 29.0 Å². The molecule has 1 aliphatic heterocycles. The quantitative estimate of drug-likeness (QED) is 0.758. The number of phenolic OH excluding ortho intramolecular Hbond substituents is 1. The van der Waals surface area contributed by atoms with Gasteiger partial charge in [0, 0.05) is 24.7 Å². The molecule has 3 rings (SSSR count). The Hall–Kier alpha value is -3.35. The third kappa shape index (κ3) is 5.34. The average molecular weight is 396 g/mol. The lowest BCUT2D eigenvalue weighted by molar-refractivity contribution is -0.137. The number of hydrogen-bond donors (Lipinski definition) is 2. The van der Waals surface area contributed by atoms with Crippen LogP contribution < -0.4 is 5.32 Å². The van der Waals surface area contributed by atoms with E-state index in [0.717, 1.165) is 11.3 Å². The van der Waals surface area contributed by atoms with Gasteiger partial charge in [-0.25, -0.2) is 4.79 Å². The van der Waals surface area contributed by atoms with Crippen molar-refractivity contribution in [1.29, 1.82) is 0 Å². The molecule has 1 heterocycles. The summed E-state index contributed by atoms with van der Waals surface area (Å²) in [4.78, 5) is 38.4. The molecule has 2 amide bonds. The summed E-state index contributed by atoms with van der Waals surface area (Å²) in [5.74, 6) is -1.45. The first-order valence-electron chi connectivity index (χ1n) is 9.54. The predicted molar refractivity (Wildman–Crippen MR) is 108 cm³/mol. The zero-order valence-electron chi connectivity index (χ0n) is 16.3. The minimum Gasteiger partial charge on any atom is -0.507 e. The zero-order chi connectivity index (χ0) is 20.8. The van der Waals surface area contributed by atoms with Crippen molar-refractivity contribution in [3.63, 3.8) is 0 Å². The number of benzene rings is 2. The fourth-order valence-corrected chi connectivity index (χ4v) is 3.27. The summed E-state index contributed by atoms with van der Waals surface area (Å²) in [5.41, 5.74) is 1.59. The molecule has 7 heteroatoms. The van der Waals surface area contributed by atoms with Crippen molar-refractivity contribution in [2.45, 2.75) is 19.8 Å². The smallest absolute Gasteiger partial charge is 0.342 e. The van der Waals surface area contributed by atoms with Gasteiger partial charge < -0.3 is 20.1 Å². The Morgan fingerprint density at radius 2 is 1.79 bits per heavy atom. The molecular weight excluding hydrogens is 372 g/mol. The maximum absolute atomic E-state index is 12.4. The first-order valence-corrected chi connectivity index (χ1v) is 9.54. The molecule has 1 fully saturated rings. The SMILES string of the molecule is Cc1ccc(O)c(C(=O)OCC(=O)N2CCC(C(=O)Nc3ccccc3)CC2)c1. The van der Waals surface area contributed by atoms with Gasteiger partial charge >= 0.3 is 5.97 Å². The van der Waals surface area contributed by atoms with E-state index in [2.05, 4.69) is 5.32 Å². The van der Waals surface area contributed by atoms with Crippen LogP contribution in [0, 0.1) is 12.8 Å². The molecule has 2 aromatic rings. The van der Waals surface area contributed by atoms with Gasteiger partial charge in [-0.05, 0) is 44.0 Å². The molecular formula is C22H24N2O5. The van der Waals surface area contributed by atoms with Crippen LogP contribution in [0.4, 0.5) is 5.69 Å². The summed E-state index contributed by atoms with van der Waals surface area (Å²) in [6.45, 7) is 2.25. The van der Waals surface area contributed by atoms with Gasteiger partial charge in [-0.3, -0.25) is 9.59 Å². The Morgan fingerprint density at radius 3 is 2.48 bits per heavy atom. The molecule has 29 heavy (non-hydrogen) atoms. The molecule has 7 nitrogen and oxygen atoms in total. The van der Waals surface area contributed by atoms with Crippen molar-refractivity contribution in [3.05, 3.63) is 59.7 Å². The normalized spacial score (nSPS) is 14.3. The molecule has 0 aromatic heterocycles. The summed E-state index contributed by atoms with van der Waals surface area (Å²) in [5, 5.41) is 12.7. The van der Waals surface area contributed by atoms with E-state index in [1.54, 1.807) is 17.9 Å². The number of nitrogens with zero attached hydrogens (tertiary/aromatic N) is 1. The Bertz CT molecular complexity index is 889. The lowest BCUT2D eigenvalue weighted by Crippen LogP contribution is -2.43. The Kier molecular flexibility index (Phi) is 6.49. The van der Waals surface area contributed by atoms with Gasteiger partial charge in [0.05, 0.1) is 0 Å². The third-order valence-electron chi connectivity index (χ3n) is 4.96. The van der Waals surface area contributed by atoms with Crippen molar-refractivity contribution in [2.75, 3.05) is 25.0 Å². The van der Waals surface area contributed by atoms with Gasteiger partial charge in [-0.2, -0.15) is 0 Å². The number of amides is 2. The largest absolute Gasteiger partial charge is 0.507 e. The van der Waals surface area contributed by atoms with Crippen molar-refractivity contribution in [1.82, 2.24) is 4.90 Å². The van der Waals surface area contributed by atoms with E-state index in [1.165, 1.54) is 12.1 Å². The van der Waals surface area contributed by atoms with Crippen molar-refractivity contribution >= 4 is 23.5 Å². The number of aromatic hydroxyl groups is 1. The van der Waals surface area contributed by atoms with E-state index in [0.29, 0.717) is 25.9 Å². The average Bonchev–Trinajstić information content (AvgIpc) is 2.74. The number of aryl methyl sites for hydroxylation is 1. The molecule has 152 valence electrons. The highest BCUT2D eigenvalue weighted by Crippen LogP contribution is 2.21. The standard InChI is InChI=1S/C22H24N2O5/c1-15-7-8-19(25)18(13-15)22(28)29-14-20(26)24-11-9-16(10-12-24)21(27)23-17-5-3-2-4-6-17/h2-8,13,16,25H,9-12,14H2,1H3,(H,23,27). The number of hydrogen-bond acceptors (Lipinski definition) is 5. The van der Waals surface area contributed by atoms with Crippen LogP contribution >= 0.6 is 0 Å². The highest BCUT2D eigenvalue weighted by molar-refractivity contribution is 5.94. The topological polar surface area (TPSA) is 95.9 Å². The molecule has 0 radical (unpaired) electrons. The van der Waals surface area contributed by atoms with E-state index < -0.39 is 12.6 Å². The van der Waals surface area contributed by atoms with E-state index in [9.17, 15) is 19.5 Å². The van der Waals surface area contributed by atoms with E-state index in [1.807, 2.05) is 30.3 Å². The number of ether oxygens (including phenoxy) is 1. The number of piperidine rings is 1. The molecule has 2 aromatic carbocycles. The van der Waals surface area contributed by atoms with Crippen LogP contribution in [0.2, 0.25) is 0 Å². The number of phenols is 1. The summed E-state index contributed by atoms with van der Waals surface area (Å²) in [6, 6.07) is 13.9. The molecule has 0 spiro atoms. The maximum atomic E-state index is 12.4. The Balaban J connectivity index is 1.45. The van der Waals surface area contributed by atoms with Crippen molar-refractivity contribution in [2.24, 2.45) is 5.92 Å². The zero-order valence-corrected chi connectivity index (χ0v) is 16.3. The Labute approximate surface area is 169 Å². The lowest BCUT2D eigenvalue weighted by atomic mass is 9.95. The second kappa shape index (κ2) is 9.23. The Morgan fingerprint density at radius 1 is 1.10 bits per heavy atom. The number of carbonyl (C=O) groups is 3. The number of carbonyl (C=O) groups excluding carboxylic acids is 3. The van der Waals surface area contributed by atoms with Gasteiger partial charge in [0.1, 0.15) is 11.3 Å². The van der Waals surface area contributed by atoms with Gasteiger partial charge in [0.15, 0.2) is 6.61 Å². The van der Waals surface area contributed by atoms with Gasteiger partial charge in [-0.15, -0.1) is 0 Å². The summed E-state index contributed by atoms with van der Waals surface area (Å²) in [7, 11) is 0. The van der Waals surface area contributed by atoms with Crippen molar-refractivity contribution in [3.8, 4) is 5.75 Å². The number of rotatable bonds is 5. The highest BCUT2D eigenvalue weighted by atomic mass is 16.5. The van der Waals surface area contributed by atoms with Crippen LogP contribution in [0.15, 0.2) is 48.5 Å². The van der Waals surface area contributed by atoms with Crippen LogP contribution in [0.1, 0.15) is 28.8 Å². The predicted octanol–water partition coefficient (Wildman–Crippen LogP) is 2.73. The van der Waals surface area contributed by atoms with Crippen LogP contribution in [0.5, 0.6) is 5.75 Å². The second-order valence-electron chi connectivity index (χ2n) is 7.11. The summed E-state index contributed by atoms with van der Waals surface area (Å²) < 4.78 is 5.06. The minimum absolute atomic E-state index is 0.0362. The number of nitrogens with one attached hydrogen (secondary N) is 1. The molecule has 1 saturated heterocycles. The fourth-order valence-electron chi connectivity index (χ4n) is 3.27. The molecule has 0 bridgehead atoms. The monoisotopic (exact) mass is 396 g/mol. The van der Waals surface area contributed by atoms with Crippen LogP contribution in [0.3, 0.4) is 0 Å². The molecule has 0 atom stereocenters. The number of likely N-dealkylation sites (tertiary alicyclic amines) is 1. The molecule has 0 aliphatic carbocycles. The van der Waals surface area contributed by atoms with Crippen molar-refractivity contribution < 1.29 is 24.2 Å². The molecule has 2 N–H and O–H groups in total. The van der Waals surface area contributed by atoms with Crippen LogP contribution in [-0.4, -0.2) is 47.5 Å². The second-order valence-corrected chi connectivity index (χ2v) is 7.11. The molecule has 0 unspecified atom stereocenters. The van der Waals surface area contributed by atoms with Gasteiger partial charge in [-0.1, -0.05) is 29.8 Å². The lowest BCUT2D eigenvalue weighted by Gasteiger charge is -2.31. The fraction of sp³-hybridized carbons (Fsp3) is 0.318. The first kappa shape index (κ1) is 20.4. The van der Waals surface area contributed by atoms with Crippen LogP contribution in [-0.2, 0) is 14.3 Å². The van der Waals surface area contributed by atoms with E-state index >= 15 is 0 Å². The summed E-state index contributed by atoms with van der Waals surface area (Å²) in [6.07, 6.45) is 1.11. The molecule has 0 saturated carbocycles. The van der Waals surface area contributed by atoms with Gasteiger partial charge in [0.25, 0.3) is 5.91 Å². The van der Waals surface area contributed by atoms with Gasteiger partial charge in [0.2, 0.25) is 5.91 Å².